The highest BCUT2D eigenvalue weighted by Crippen LogP contribution is 2.39. The lowest BCUT2D eigenvalue weighted by molar-refractivity contribution is -0.156. The molecule has 0 radical (unpaired) electrons. The molecule has 0 aromatic carbocycles. The number of rotatable bonds is 11. The van der Waals surface area contributed by atoms with Crippen molar-refractivity contribution in [2.75, 3.05) is 33.8 Å². The number of likely N-dealkylation sites (N-methyl/N-ethyl adjacent to an activating group) is 1. The summed E-state index contributed by atoms with van der Waals surface area (Å²) in [5.41, 5.74) is -0.656. The molecule has 1 saturated carbocycles. The predicted octanol–water partition coefficient (Wildman–Crippen LogP) is 4.06. The zero-order valence-electron chi connectivity index (χ0n) is 20.5. The van der Waals surface area contributed by atoms with Gasteiger partial charge in [-0.05, 0) is 72.4 Å². The van der Waals surface area contributed by atoms with Crippen LogP contribution in [0.4, 0.5) is 0 Å². The van der Waals surface area contributed by atoms with E-state index in [0.29, 0.717) is 38.2 Å². The number of Topliss-reactive ketones (excluding diaryl/α,β-unsaturated/α-hetero) is 1. The Hall–Kier alpha value is -1.43. The summed E-state index contributed by atoms with van der Waals surface area (Å²) in [6.07, 6.45) is 8.56. The van der Waals surface area contributed by atoms with Crippen LogP contribution < -0.4 is 0 Å². The van der Waals surface area contributed by atoms with Crippen molar-refractivity contribution in [1.82, 2.24) is 9.80 Å². The van der Waals surface area contributed by atoms with Crippen molar-refractivity contribution < 1.29 is 19.1 Å². The Kier molecular flexibility index (Phi) is 9.98. The second-order valence-corrected chi connectivity index (χ2v) is 10.4. The van der Waals surface area contributed by atoms with Crippen LogP contribution >= 0.6 is 0 Å². The van der Waals surface area contributed by atoms with Gasteiger partial charge in [-0.3, -0.25) is 14.4 Å². The largest absolute Gasteiger partial charge is 0.464 e. The summed E-state index contributed by atoms with van der Waals surface area (Å²) in [4.78, 5) is 42.3. The van der Waals surface area contributed by atoms with Gasteiger partial charge in [0.25, 0.3) is 0 Å². The van der Waals surface area contributed by atoms with E-state index in [4.69, 9.17) is 4.74 Å². The fourth-order valence-electron chi connectivity index (χ4n) is 5.25. The number of likely N-dealkylation sites (tertiary alicyclic amines) is 1. The van der Waals surface area contributed by atoms with Gasteiger partial charge in [-0.2, -0.15) is 0 Å². The Balaban J connectivity index is 2.16. The summed E-state index contributed by atoms with van der Waals surface area (Å²) in [5.74, 6) is 0.483. The summed E-state index contributed by atoms with van der Waals surface area (Å²) in [7, 11) is 3.91. The summed E-state index contributed by atoms with van der Waals surface area (Å²) >= 11 is 0. The molecule has 31 heavy (non-hydrogen) atoms. The van der Waals surface area contributed by atoms with Crippen molar-refractivity contribution in [3.05, 3.63) is 0 Å². The standard InChI is InChI=1S/C25H44N2O4/c1-6-20(27-14-10-13-23(27)29)17-19(21-11-8-7-9-12-22(21)28)18-25(2,3)24(30)31-16-15-26(4)5/h19-21H,6-18H2,1-5H3. The number of hydrogen-bond donors (Lipinski definition) is 0. The van der Waals surface area contributed by atoms with Gasteiger partial charge >= 0.3 is 5.97 Å². The highest BCUT2D eigenvalue weighted by atomic mass is 16.5. The SMILES string of the molecule is CCC(CC(CC(C)(C)C(=O)OCCN(C)C)C1CCCCCC1=O)N1CCCC1=O. The minimum Gasteiger partial charge on any atom is -0.464 e. The molecule has 178 valence electrons. The summed E-state index contributed by atoms with van der Waals surface area (Å²) in [6, 6.07) is 0.150. The second-order valence-electron chi connectivity index (χ2n) is 10.4. The highest BCUT2D eigenvalue weighted by Gasteiger charge is 2.40. The number of amides is 1. The van der Waals surface area contributed by atoms with Gasteiger partial charge < -0.3 is 14.5 Å². The maximum atomic E-state index is 13.0. The van der Waals surface area contributed by atoms with Crippen LogP contribution in [-0.4, -0.2) is 67.3 Å². The summed E-state index contributed by atoms with van der Waals surface area (Å²) in [6.45, 7) is 7.91. The Morgan fingerprint density at radius 2 is 1.90 bits per heavy atom. The van der Waals surface area contributed by atoms with Gasteiger partial charge in [0.2, 0.25) is 5.91 Å². The Bertz CT molecular complexity index is 617. The van der Waals surface area contributed by atoms with Crippen LogP contribution in [0, 0.1) is 17.3 Å². The van der Waals surface area contributed by atoms with Crippen LogP contribution in [0.1, 0.15) is 85.0 Å². The molecular formula is C25H44N2O4. The summed E-state index contributed by atoms with van der Waals surface area (Å²) in [5, 5.41) is 0. The number of carbonyl (C=O) groups is 3. The first-order valence-corrected chi connectivity index (χ1v) is 12.3. The van der Waals surface area contributed by atoms with Gasteiger partial charge in [-0.1, -0.05) is 19.8 Å². The molecule has 2 rings (SSSR count). The average Bonchev–Trinajstić information content (AvgIpc) is 3.00. The van der Waals surface area contributed by atoms with E-state index in [0.717, 1.165) is 51.5 Å². The highest BCUT2D eigenvalue weighted by molar-refractivity contribution is 5.82. The molecule has 0 N–H and O–H groups in total. The van der Waals surface area contributed by atoms with Gasteiger partial charge in [-0.15, -0.1) is 0 Å². The normalized spacial score (nSPS) is 22.5. The van der Waals surface area contributed by atoms with E-state index < -0.39 is 5.41 Å². The van der Waals surface area contributed by atoms with E-state index in [-0.39, 0.29) is 29.8 Å². The smallest absolute Gasteiger partial charge is 0.311 e. The third-order valence-electron chi connectivity index (χ3n) is 7.11. The van der Waals surface area contributed by atoms with Crippen molar-refractivity contribution in [3.8, 4) is 0 Å². The number of esters is 1. The lowest BCUT2D eigenvalue weighted by Gasteiger charge is -2.37. The minimum absolute atomic E-state index is 0.0110. The number of ketones is 1. The zero-order valence-corrected chi connectivity index (χ0v) is 20.5. The first-order chi connectivity index (χ1) is 14.7. The lowest BCUT2D eigenvalue weighted by atomic mass is 9.72. The van der Waals surface area contributed by atoms with Crippen LogP contribution in [0.25, 0.3) is 0 Å². The molecule has 2 aliphatic rings. The Labute approximate surface area is 189 Å². The van der Waals surface area contributed by atoms with Crippen LogP contribution in [0.3, 0.4) is 0 Å². The zero-order chi connectivity index (χ0) is 23.0. The van der Waals surface area contributed by atoms with Gasteiger partial charge in [0.05, 0.1) is 5.41 Å². The van der Waals surface area contributed by atoms with Gasteiger partial charge in [0.1, 0.15) is 12.4 Å². The van der Waals surface area contributed by atoms with Crippen LogP contribution in [-0.2, 0) is 19.1 Å². The van der Waals surface area contributed by atoms with Gasteiger partial charge in [0.15, 0.2) is 0 Å². The molecule has 0 aromatic heterocycles. The predicted molar refractivity (Wildman–Crippen MR) is 123 cm³/mol. The van der Waals surface area contributed by atoms with E-state index in [9.17, 15) is 14.4 Å². The topological polar surface area (TPSA) is 66.9 Å². The van der Waals surface area contributed by atoms with Crippen LogP contribution in [0.15, 0.2) is 0 Å². The van der Waals surface area contributed by atoms with E-state index in [1.807, 2.05) is 37.7 Å². The molecular weight excluding hydrogens is 392 g/mol. The molecule has 0 spiro atoms. The number of carbonyl (C=O) groups excluding carboxylic acids is 3. The maximum absolute atomic E-state index is 13.0. The first-order valence-electron chi connectivity index (χ1n) is 12.3. The van der Waals surface area contributed by atoms with Crippen molar-refractivity contribution in [1.29, 1.82) is 0 Å². The molecule has 6 nitrogen and oxygen atoms in total. The van der Waals surface area contributed by atoms with Crippen LogP contribution in [0.5, 0.6) is 0 Å². The van der Waals surface area contributed by atoms with Crippen molar-refractivity contribution in [3.63, 3.8) is 0 Å². The molecule has 1 amide bonds. The molecule has 0 aromatic rings. The van der Waals surface area contributed by atoms with Gasteiger partial charge in [0, 0.05) is 37.9 Å². The summed E-state index contributed by atoms with van der Waals surface area (Å²) < 4.78 is 5.58. The fourth-order valence-corrected chi connectivity index (χ4v) is 5.25. The van der Waals surface area contributed by atoms with Crippen molar-refractivity contribution in [2.45, 2.75) is 91.0 Å². The molecule has 3 unspecified atom stereocenters. The van der Waals surface area contributed by atoms with Crippen molar-refractivity contribution >= 4 is 17.7 Å². The van der Waals surface area contributed by atoms with E-state index in [1.165, 1.54) is 0 Å². The lowest BCUT2D eigenvalue weighted by Crippen LogP contribution is -2.41. The van der Waals surface area contributed by atoms with Crippen molar-refractivity contribution in [2.24, 2.45) is 17.3 Å². The molecule has 1 aliphatic carbocycles. The van der Waals surface area contributed by atoms with Gasteiger partial charge in [-0.25, -0.2) is 0 Å². The Morgan fingerprint density at radius 1 is 1.16 bits per heavy atom. The minimum atomic E-state index is -0.656. The fraction of sp³-hybridized carbons (Fsp3) is 0.880. The monoisotopic (exact) mass is 436 g/mol. The molecule has 2 fully saturated rings. The second kappa shape index (κ2) is 12.0. The first kappa shape index (κ1) is 25.8. The van der Waals surface area contributed by atoms with E-state index >= 15 is 0 Å². The third-order valence-corrected chi connectivity index (χ3v) is 7.11. The maximum Gasteiger partial charge on any atom is 0.311 e. The number of hydrogen-bond acceptors (Lipinski definition) is 5. The molecule has 3 atom stereocenters. The molecule has 6 heteroatoms. The number of ether oxygens (including phenoxy) is 1. The number of nitrogens with zero attached hydrogens (tertiary/aromatic N) is 2. The molecule has 1 heterocycles. The van der Waals surface area contributed by atoms with E-state index in [1.54, 1.807) is 0 Å². The van der Waals surface area contributed by atoms with Crippen LogP contribution in [0.2, 0.25) is 0 Å². The quantitative estimate of drug-likeness (QED) is 0.361. The molecule has 1 saturated heterocycles. The third kappa shape index (κ3) is 7.58. The Morgan fingerprint density at radius 3 is 2.52 bits per heavy atom. The average molecular weight is 437 g/mol. The van der Waals surface area contributed by atoms with E-state index in [2.05, 4.69) is 6.92 Å². The molecule has 1 aliphatic heterocycles. The molecule has 0 bridgehead atoms.